The summed E-state index contributed by atoms with van der Waals surface area (Å²) in [5.41, 5.74) is -0.510. The summed E-state index contributed by atoms with van der Waals surface area (Å²) in [4.78, 5) is 4.40. The molecule has 0 radical (unpaired) electrons. The van der Waals surface area contributed by atoms with Gasteiger partial charge in [-0.25, -0.2) is 4.99 Å². The van der Waals surface area contributed by atoms with Crippen molar-refractivity contribution in [3.05, 3.63) is 12.2 Å². The Bertz CT molecular complexity index is 290. The number of aliphatic hydroxyl groups is 1. The van der Waals surface area contributed by atoms with Crippen LogP contribution in [-0.4, -0.2) is 28.8 Å². The summed E-state index contributed by atoms with van der Waals surface area (Å²) >= 11 is 0. The molecule has 0 aliphatic carbocycles. The van der Waals surface area contributed by atoms with Crippen LogP contribution in [0.1, 0.15) is 40.5 Å². The van der Waals surface area contributed by atoms with Crippen molar-refractivity contribution in [2.75, 3.05) is 6.61 Å². The average molecular weight is 211 g/mol. The maximum Gasteiger partial charge on any atom is 0.214 e. The highest BCUT2D eigenvalue weighted by Gasteiger charge is 2.34. The molecule has 1 N–H and O–H groups in total. The Morgan fingerprint density at radius 3 is 2.67 bits per heavy atom. The van der Waals surface area contributed by atoms with Crippen LogP contribution in [0.15, 0.2) is 17.1 Å². The summed E-state index contributed by atoms with van der Waals surface area (Å²) in [6.45, 7) is 12.2. The van der Waals surface area contributed by atoms with Crippen LogP contribution >= 0.6 is 0 Å². The van der Waals surface area contributed by atoms with E-state index in [0.717, 1.165) is 6.42 Å². The molecule has 0 aromatic carbocycles. The van der Waals surface area contributed by atoms with Gasteiger partial charge in [0, 0.05) is 5.57 Å². The van der Waals surface area contributed by atoms with Crippen molar-refractivity contribution < 1.29 is 9.84 Å². The molecule has 0 amide bonds. The standard InChI is InChI=1S/C12H21NO2/c1-6-7-12(5,14)9(2)10-13-11(3,4)8-15-10/h14H,2,6-8H2,1,3-5H3/t12-/m1/s1. The number of hydrogen-bond acceptors (Lipinski definition) is 3. The van der Waals surface area contributed by atoms with Crippen molar-refractivity contribution in [1.82, 2.24) is 0 Å². The Labute approximate surface area is 91.9 Å². The molecule has 1 heterocycles. The van der Waals surface area contributed by atoms with E-state index in [1.165, 1.54) is 0 Å². The summed E-state index contributed by atoms with van der Waals surface area (Å²) in [6, 6.07) is 0. The monoisotopic (exact) mass is 211 g/mol. The topological polar surface area (TPSA) is 41.8 Å². The zero-order valence-electron chi connectivity index (χ0n) is 10.1. The molecule has 0 saturated carbocycles. The van der Waals surface area contributed by atoms with Crippen LogP contribution in [0.4, 0.5) is 0 Å². The second-order valence-corrected chi connectivity index (χ2v) is 5.02. The van der Waals surface area contributed by atoms with Gasteiger partial charge in [0.05, 0.1) is 11.1 Å². The fourth-order valence-corrected chi connectivity index (χ4v) is 1.61. The summed E-state index contributed by atoms with van der Waals surface area (Å²) in [6.07, 6.45) is 1.58. The predicted molar refractivity (Wildman–Crippen MR) is 62.1 cm³/mol. The zero-order valence-corrected chi connectivity index (χ0v) is 10.1. The highest BCUT2D eigenvalue weighted by Crippen LogP contribution is 2.27. The van der Waals surface area contributed by atoms with E-state index in [1.807, 2.05) is 20.8 Å². The number of ether oxygens (including phenoxy) is 1. The van der Waals surface area contributed by atoms with Crippen LogP contribution in [0.3, 0.4) is 0 Å². The molecule has 0 aromatic rings. The van der Waals surface area contributed by atoms with Crippen molar-refractivity contribution >= 4 is 5.90 Å². The third-order valence-corrected chi connectivity index (χ3v) is 2.61. The first-order valence-corrected chi connectivity index (χ1v) is 5.43. The molecule has 0 spiro atoms. The van der Waals surface area contributed by atoms with Crippen LogP contribution in [0.25, 0.3) is 0 Å². The maximum absolute atomic E-state index is 10.2. The summed E-state index contributed by atoms with van der Waals surface area (Å²) in [7, 11) is 0. The van der Waals surface area contributed by atoms with Gasteiger partial charge in [-0.2, -0.15) is 0 Å². The Hall–Kier alpha value is -0.830. The number of aliphatic imine (C=N–C) groups is 1. The molecule has 3 nitrogen and oxygen atoms in total. The van der Waals surface area contributed by atoms with Gasteiger partial charge in [-0.3, -0.25) is 0 Å². The van der Waals surface area contributed by atoms with Crippen molar-refractivity contribution in [2.45, 2.75) is 51.7 Å². The Morgan fingerprint density at radius 1 is 1.67 bits per heavy atom. The zero-order chi connectivity index (χ0) is 11.7. The van der Waals surface area contributed by atoms with Gasteiger partial charge in [-0.15, -0.1) is 0 Å². The van der Waals surface area contributed by atoms with Crippen LogP contribution in [0.5, 0.6) is 0 Å². The first-order valence-electron chi connectivity index (χ1n) is 5.43. The molecule has 1 aliphatic heterocycles. The molecule has 0 unspecified atom stereocenters. The van der Waals surface area contributed by atoms with Crippen molar-refractivity contribution in [3.8, 4) is 0 Å². The lowest BCUT2D eigenvalue weighted by molar-refractivity contribution is 0.0915. The van der Waals surface area contributed by atoms with E-state index in [-0.39, 0.29) is 5.54 Å². The van der Waals surface area contributed by atoms with E-state index in [9.17, 15) is 5.11 Å². The lowest BCUT2D eigenvalue weighted by Crippen LogP contribution is -2.30. The molecule has 0 bridgehead atoms. The Morgan fingerprint density at radius 2 is 2.27 bits per heavy atom. The Balaban J connectivity index is 2.78. The molecular weight excluding hydrogens is 190 g/mol. The SMILES string of the molecule is C=C(C1=NC(C)(C)CO1)[C@](C)(O)CCC. The number of hydrogen-bond donors (Lipinski definition) is 1. The second-order valence-electron chi connectivity index (χ2n) is 5.02. The fraction of sp³-hybridized carbons (Fsp3) is 0.750. The maximum atomic E-state index is 10.2. The largest absolute Gasteiger partial charge is 0.475 e. The van der Waals surface area contributed by atoms with Crippen LogP contribution in [0.2, 0.25) is 0 Å². The van der Waals surface area contributed by atoms with Crippen molar-refractivity contribution in [3.63, 3.8) is 0 Å². The summed E-state index contributed by atoms with van der Waals surface area (Å²) in [5, 5.41) is 10.2. The molecule has 0 fully saturated rings. The third-order valence-electron chi connectivity index (χ3n) is 2.61. The highest BCUT2D eigenvalue weighted by molar-refractivity contribution is 5.96. The fourth-order valence-electron chi connectivity index (χ4n) is 1.61. The quantitative estimate of drug-likeness (QED) is 0.775. The molecule has 0 aromatic heterocycles. The second kappa shape index (κ2) is 3.97. The van der Waals surface area contributed by atoms with E-state index in [4.69, 9.17) is 4.74 Å². The Kier molecular flexibility index (Phi) is 3.24. The van der Waals surface area contributed by atoms with Crippen LogP contribution in [-0.2, 0) is 4.74 Å². The van der Waals surface area contributed by atoms with E-state index in [0.29, 0.717) is 24.5 Å². The minimum atomic E-state index is -0.909. The lowest BCUT2D eigenvalue weighted by atomic mass is 9.92. The summed E-state index contributed by atoms with van der Waals surface area (Å²) < 4.78 is 5.45. The van der Waals surface area contributed by atoms with Gasteiger partial charge >= 0.3 is 0 Å². The molecule has 1 aliphatic rings. The van der Waals surface area contributed by atoms with Crippen LogP contribution in [0, 0.1) is 0 Å². The lowest BCUT2D eigenvalue weighted by Gasteiger charge is -2.24. The smallest absolute Gasteiger partial charge is 0.214 e. The molecule has 15 heavy (non-hydrogen) atoms. The van der Waals surface area contributed by atoms with Crippen molar-refractivity contribution in [1.29, 1.82) is 0 Å². The van der Waals surface area contributed by atoms with E-state index >= 15 is 0 Å². The molecule has 1 rings (SSSR count). The number of rotatable bonds is 4. The van der Waals surface area contributed by atoms with Crippen molar-refractivity contribution in [2.24, 2.45) is 4.99 Å². The minimum Gasteiger partial charge on any atom is -0.475 e. The molecule has 3 heteroatoms. The van der Waals surface area contributed by atoms with E-state index in [2.05, 4.69) is 11.6 Å². The minimum absolute atomic E-state index is 0.194. The summed E-state index contributed by atoms with van der Waals surface area (Å²) in [5.74, 6) is 0.512. The molecule has 1 atom stereocenters. The first-order chi connectivity index (χ1) is 6.78. The van der Waals surface area contributed by atoms with Gasteiger partial charge in [-0.05, 0) is 27.2 Å². The van der Waals surface area contributed by atoms with Gasteiger partial charge in [-0.1, -0.05) is 19.9 Å². The van der Waals surface area contributed by atoms with Gasteiger partial charge in [0.25, 0.3) is 0 Å². The molecule has 86 valence electrons. The third kappa shape index (κ3) is 2.81. The highest BCUT2D eigenvalue weighted by atomic mass is 16.5. The average Bonchev–Trinajstić information content (AvgIpc) is 2.44. The molecule has 0 saturated heterocycles. The number of nitrogens with zero attached hydrogens (tertiary/aromatic N) is 1. The predicted octanol–water partition coefficient (Wildman–Crippen LogP) is 2.30. The van der Waals surface area contributed by atoms with E-state index in [1.54, 1.807) is 6.92 Å². The van der Waals surface area contributed by atoms with Gasteiger partial charge in [0.2, 0.25) is 5.90 Å². The first kappa shape index (κ1) is 12.2. The molecular formula is C12H21NO2. The normalized spacial score (nSPS) is 22.9. The van der Waals surface area contributed by atoms with Crippen LogP contribution < -0.4 is 0 Å². The van der Waals surface area contributed by atoms with Gasteiger partial charge < -0.3 is 9.84 Å². The van der Waals surface area contributed by atoms with E-state index < -0.39 is 5.60 Å². The van der Waals surface area contributed by atoms with Gasteiger partial charge in [0.1, 0.15) is 6.61 Å². The van der Waals surface area contributed by atoms with Gasteiger partial charge in [0.15, 0.2) is 0 Å².